The Morgan fingerprint density at radius 3 is 2.60 bits per heavy atom. The molecule has 0 aliphatic rings. The standard InChI is InChI=1S/C13H9BrN2O4/c14-10-6-9(16(19)20)5-8(13(10)18)7-15-11-3-1-2-4-12(11)17/h1-7,17-18H. The van der Waals surface area contributed by atoms with E-state index in [4.69, 9.17) is 0 Å². The quantitative estimate of drug-likeness (QED) is 0.509. The number of hydrogen-bond donors (Lipinski definition) is 2. The van der Waals surface area contributed by atoms with E-state index in [1.807, 2.05) is 0 Å². The van der Waals surface area contributed by atoms with Gasteiger partial charge in [0.15, 0.2) is 0 Å². The third kappa shape index (κ3) is 2.94. The van der Waals surface area contributed by atoms with Crippen LogP contribution in [-0.4, -0.2) is 21.4 Å². The SMILES string of the molecule is O=[N+]([O-])c1cc(Br)c(O)c(C=Nc2ccccc2O)c1. The fraction of sp³-hybridized carbons (Fsp3) is 0. The van der Waals surface area contributed by atoms with Crippen LogP contribution in [0.5, 0.6) is 11.5 Å². The molecule has 6 nitrogen and oxygen atoms in total. The number of nitrogens with zero attached hydrogens (tertiary/aromatic N) is 2. The Morgan fingerprint density at radius 2 is 1.95 bits per heavy atom. The highest BCUT2D eigenvalue weighted by molar-refractivity contribution is 9.10. The Hall–Kier alpha value is -2.41. The molecule has 0 fully saturated rings. The molecule has 0 aliphatic heterocycles. The Kier molecular flexibility index (Phi) is 3.99. The van der Waals surface area contributed by atoms with Gasteiger partial charge < -0.3 is 10.2 Å². The molecule has 2 N–H and O–H groups in total. The van der Waals surface area contributed by atoms with Crippen molar-refractivity contribution in [2.24, 2.45) is 4.99 Å². The van der Waals surface area contributed by atoms with Crippen LogP contribution >= 0.6 is 15.9 Å². The van der Waals surface area contributed by atoms with Gasteiger partial charge in [-0.3, -0.25) is 15.1 Å². The van der Waals surface area contributed by atoms with Gasteiger partial charge in [0.1, 0.15) is 17.2 Å². The van der Waals surface area contributed by atoms with Crippen molar-refractivity contribution in [1.82, 2.24) is 0 Å². The summed E-state index contributed by atoms with van der Waals surface area (Å²) < 4.78 is 0.199. The van der Waals surface area contributed by atoms with Crippen molar-refractivity contribution < 1.29 is 15.1 Å². The van der Waals surface area contributed by atoms with E-state index in [1.54, 1.807) is 18.2 Å². The molecule has 0 unspecified atom stereocenters. The van der Waals surface area contributed by atoms with E-state index >= 15 is 0 Å². The molecular weight excluding hydrogens is 328 g/mol. The summed E-state index contributed by atoms with van der Waals surface area (Å²) in [5.74, 6) is -0.178. The van der Waals surface area contributed by atoms with Gasteiger partial charge in [0.2, 0.25) is 0 Å². The molecule has 0 saturated carbocycles. The number of aromatic hydroxyl groups is 2. The molecule has 0 spiro atoms. The summed E-state index contributed by atoms with van der Waals surface area (Å²) in [5.41, 5.74) is 0.303. The van der Waals surface area contributed by atoms with Crippen molar-refractivity contribution >= 4 is 33.5 Å². The minimum absolute atomic E-state index is 0.0206. The highest BCUT2D eigenvalue weighted by atomic mass is 79.9. The predicted molar refractivity (Wildman–Crippen MR) is 77.8 cm³/mol. The lowest BCUT2D eigenvalue weighted by molar-refractivity contribution is -0.385. The van der Waals surface area contributed by atoms with Gasteiger partial charge in [-0.15, -0.1) is 0 Å². The number of nitro benzene ring substituents is 1. The molecule has 102 valence electrons. The number of non-ortho nitro benzene ring substituents is 1. The zero-order valence-electron chi connectivity index (χ0n) is 10.0. The summed E-state index contributed by atoms with van der Waals surface area (Å²) >= 11 is 3.04. The molecule has 0 aromatic heterocycles. The van der Waals surface area contributed by atoms with Gasteiger partial charge in [-0.2, -0.15) is 0 Å². The summed E-state index contributed by atoms with van der Waals surface area (Å²) in [7, 11) is 0. The number of hydrogen-bond acceptors (Lipinski definition) is 5. The molecule has 0 amide bonds. The second-order valence-corrected chi connectivity index (χ2v) is 4.72. The largest absolute Gasteiger partial charge is 0.506 e. The molecule has 20 heavy (non-hydrogen) atoms. The number of halogens is 1. The van der Waals surface area contributed by atoms with Crippen LogP contribution in [0, 0.1) is 10.1 Å². The van der Waals surface area contributed by atoms with Crippen LogP contribution in [0.1, 0.15) is 5.56 Å². The van der Waals surface area contributed by atoms with Crippen LogP contribution in [-0.2, 0) is 0 Å². The molecule has 0 saturated heterocycles. The molecule has 0 atom stereocenters. The zero-order valence-corrected chi connectivity index (χ0v) is 11.6. The van der Waals surface area contributed by atoms with Crippen molar-refractivity contribution in [2.75, 3.05) is 0 Å². The average molecular weight is 337 g/mol. The van der Waals surface area contributed by atoms with E-state index < -0.39 is 4.92 Å². The molecule has 2 aromatic carbocycles. The Bertz CT molecular complexity index is 701. The second kappa shape index (κ2) is 5.70. The molecule has 0 bridgehead atoms. The molecule has 2 aromatic rings. The van der Waals surface area contributed by atoms with Crippen LogP contribution < -0.4 is 0 Å². The van der Waals surface area contributed by atoms with Crippen LogP contribution in [0.15, 0.2) is 45.9 Å². The first-order chi connectivity index (χ1) is 9.49. The number of phenols is 2. The first kappa shape index (κ1) is 14.0. The Balaban J connectivity index is 2.43. The van der Waals surface area contributed by atoms with E-state index in [0.717, 1.165) is 0 Å². The van der Waals surface area contributed by atoms with Gasteiger partial charge in [0.25, 0.3) is 5.69 Å². The Labute approximate surface area is 122 Å². The van der Waals surface area contributed by atoms with E-state index in [0.29, 0.717) is 5.69 Å². The molecule has 0 radical (unpaired) electrons. The lowest BCUT2D eigenvalue weighted by atomic mass is 10.2. The highest BCUT2D eigenvalue weighted by Crippen LogP contribution is 2.32. The minimum Gasteiger partial charge on any atom is -0.506 e. The van der Waals surface area contributed by atoms with Gasteiger partial charge in [0.05, 0.1) is 9.40 Å². The van der Waals surface area contributed by atoms with Gasteiger partial charge in [-0.1, -0.05) is 12.1 Å². The lowest BCUT2D eigenvalue weighted by Crippen LogP contribution is -1.91. The first-order valence-electron chi connectivity index (χ1n) is 5.48. The average Bonchev–Trinajstić information content (AvgIpc) is 2.41. The van der Waals surface area contributed by atoms with Crippen LogP contribution in [0.3, 0.4) is 0 Å². The molecular formula is C13H9BrN2O4. The normalized spacial score (nSPS) is 10.8. The monoisotopic (exact) mass is 336 g/mol. The van der Waals surface area contributed by atoms with Gasteiger partial charge in [-0.05, 0) is 28.1 Å². The summed E-state index contributed by atoms with van der Waals surface area (Å²) in [5, 5.41) is 30.2. The number of phenolic OH excluding ortho intramolecular Hbond substituents is 2. The molecule has 0 heterocycles. The summed E-state index contributed by atoms with van der Waals surface area (Å²) in [4.78, 5) is 14.2. The van der Waals surface area contributed by atoms with E-state index in [1.165, 1.54) is 24.4 Å². The van der Waals surface area contributed by atoms with Crippen LogP contribution in [0.2, 0.25) is 0 Å². The maximum atomic E-state index is 10.8. The smallest absolute Gasteiger partial charge is 0.271 e. The molecule has 7 heteroatoms. The third-order valence-electron chi connectivity index (χ3n) is 2.51. The Morgan fingerprint density at radius 1 is 1.25 bits per heavy atom. The number of aliphatic imine (C=N–C) groups is 1. The minimum atomic E-state index is -0.568. The number of para-hydroxylation sites is 2. The van der Waals surface area contributed by atoms with Crippen molar-refractivity contribution in [3.63, 3.8) is 0 Å². The van der Waals surface area contributed by atoms with Crippen molar-refractivity contribution in [3.8, 4) is 11.5 Å². The number of nitro groups is 1. The second-order valence-electron chi connectivity index (χ2n) is 3.87. The topological polar surface area (TPSA) is 96.0 Å². The molecule has 2 rings (SSSR count). The van der Waals surface area contributed by atoms with Gasteiger partial charge in [-0.25, -0.2) is 0 Å². The fourth-order valence-electron chi connectivity index (χ4n) is 1.52. The predicted octanol–water partition coefficient (Wildman–Crippen LogP) is 3.52. The van der Waals surface area contributed by atoms with Crippen LogP contribution in [0.4, 0.5) is 11.4 Å². The third-order valence-corrected chi connectivity index (χ3v) is 3.12. The van der Waals surface area contributed by atoms with E-state index in [9.17, 15) is 20.3 Å². The zero-order chi connectivity index (χ0) is 14.7. The van der Waals surface area contributed by atoms with E-state index in [2.05, 4.69) is 20.9 Å². The highest BCUT2D eigenvalue weighted by Gasteiger charge is 2.13. The summed E-state index contributed by atoms with van der Waals surface area (Å²) in [6, 6.07) is 8.78. The maximum absolute atomic E-state index is 10.8. The lowest BCUT2D eigenvalue weighted by Gasteiger charge is -2.02. The first-order valence-corrected chi connectivity index (χ1v) is 6.27. The van der Waals surface area contributed by atoms with Crippen molar-refractivity contribution in [1.29, 1.82) is 0 Å². The van der Waals surface area contributed by atoms with Crippen molar-refractivity contribution in [3.05, 3.63) is 56.5 Å². The van der Waals surface area contributed by atoms with Crippen LogP contribution in [0.25, 0.3) is 0 Å². The van der Waals surface area contributed by atoms with Gasteiger partial charge >= 0.3 is 0 Å². The molecule has 0 aliphatic carbocycles. The van der Waals surface area contributed by atoms with Crippen molar-refractivity contribution in [2.45, 2.75) is 0 Å². The van der Waals surface area contributed by atoms with E-state index in [-0.39, 0.29) is 27.2 Å². The maximum Gasteiger partial charge on any atom is 0.271 e. The number of rotatable bonds is 3. The summed E-state index contributed by atoms with van der Waals surface area (Å²) in [6.45, 7) is 0. The van der Waals surface area contributed by atoms with Gasteiger partial charge in [0, 0.05) is 23.9 Å². The number of benzene rings is 2. The fourth-order valence-corrected chi connectivity index (χ4v) is 1.99. The summed E-state index contributed by atoms with van der Waals surface area (Å²) in [6.07, 6.45) is 1.25.